The number of aromatic hydroxyl groups is 1. The van der Waals surface area contributed by atoms with E-state index in [1.54, 1.807) is 48.3 Å². The first-order valence-electron chi connectivity index (χ1n) is 9.34. The van der Waals surface area contributed by atoms with Crippen molar-refractivity contribution in [3.05, 3.63) is 59.2 Å². The summed E-state index contributed by atoms with van der Waals surface area (Å²) < 4.78 is 0. The van der Waals surface area contributed by atoms with Gasteiger partial charge in [0.05, 0.1) is 11.3 Å². The molecule has 0 aliphatic carbocycles. The van der Waals surface area contributed by atoms with E-state index in [0.717, 1.165) is 6.54 Å². The number of hydrogen-bond donors (Lipinski definition) is 2. The number of nitrogens with zero attached hydrogens (tertiary/aromatic N) is 3. The Morgan fingerprint density at radius 1 is 1.10 bits per heavy atom. The van der Waals surface area contributed by atoms with Crippen LogP contribution in [0.2, 0.25) is 0 Å². The van der Waals surface area contributed by atoms with Gasteiger partial charge >= 0.3 is 0 Å². The fourth-order valence-electron chi connectivity index (χ4n) is 3.45. The van der Waals surface area contributed by atoms with Crippen molar-refractivity contribution in [2.75, 3.05) is 34.2 Å². The zero-order chi connectivity index (χ0) is 20.7. The van der Waals surface area contributed by atoms with Crippen LogP contribution in [0.1, 0.15) is 26.3 Å². The van der Waals surface area contributed by atoms with Crippen LogP contribution in [0.4, 0.5) is 5.69 Å². The van der Waals surface area contributed by atoms with Gasteiger partial charge in [0.15, 0.2) is 5.88 Å². The Kier molecular flexibility index (Phi) is 4.68. The summed E-state index contributed by atoms with van der Waals surface area (Å²) in [5.74, 6) is -0.495. The Balaban J connectivity index is 1.74. The van der Waals surface area contributed by atoms with Crippen LogP contribution in [-0.2, 0) is 0 Å². The molecule has 0 atom stereocenters. The first-order chi connectivity index (χ1) is 13.9. The quantitative estimate of drug-likeness (QED) is 0.701. The summed E-state index contributed by atoms with van der Waals surface area (Å²) in [6.07, 6.45) is 0. The SMILES string of the molecule is CN(C)CCN(C)C(=O)c1ccc2[nH]c(O)c(C3=Nc4ccccc4C3=O)c2c1. The molecule has 0 unspecified atom stereocenters. The second kappa shape index (κ2) is 7.18. The number of aromatic amines is 1. The predicted octanol–water partition coefficient (Wildman–Crippen LogP) is 2.82. The molecule has 1 aliphatic heterocycles. The number of rotatable bonds is 5. The van der Waals surface area contributed by atoms with Crippen molar-refractivity contribution < 1.29 is 14.7 Å². The van der Waals surface area contributed by atoms with Gasteiger partial charge in [0.25, 0.3) is 5.91 Å². The largest absolute Gasteiger partial charge is 0.494 e. The van der Waals surface area contributed by atoms with Crippen molar-refractivity contribution in [2.45, 2.75) is 0 Å². The van der Waals surface area contributed by atoms with Crippen LogP contribution in [0.15, 0.2) is 47.5 Å². The third kappa shape index (κ3) is 3.30. The second-order valence-corrected chi connectivity index (χ2v) is 7.45. The van der Waals surface area contributed by atoms with Gasteiger partial charge < -0.3 is 19.9 Å². The molecule has 7 nitrogen and oxygen atoms in total. The number of aromatic nitrogens is 1. The molecule has 2 heterocycles. The van der Waals surface area contributed by atoms with Gasteiger partial charge in [-0.2, -0.15) is 0 Å². The highest BCUT2D eigenvalue weighted by Crippen LogP contribution is 2.35. The zero-order valence-electron chi connectivity index (χ0n) is 16.6. The smallest absolute Gasteiger partial charge is 0.253 e. The summed E-state index contributed by atoms with van der Waals surface area (Å²) in [7, 11) is 5.67. The average molecular weight is 390 g/mol. The monoisotopic (exact) mass is 390 g/mol. The third-order valence-electron chi connectivity index (χ3n) is 5.09. The van der Waals surface area contributed by atoms with Gasteiger partial charge in [0.1, 0.15) is 5.71 Å². The molecule has 29 heavy (non-hydrogen) atoms. The fourth-order valence-corrected chi connectivity index (χ4v) is 3.45. The number of carbonyl (C=O) groups is 2. The summed E-state index contributed by atoms with van der Waals surface area (Å²) in [6, 6.07) is 12.2. The minimum Gasteiger partial charge on any atom is -0.494 e. The van der Waals surface area contributed by atoms with Gasteiger partial charge in [-0.3, -0.25) is 9.59 Å². The Bertz CT molecular complexity index is 1160. The predicted molar refractivity (Wildman–Crippen MR) is 112 cm³/mol. The van der Waals surface area contributed by atoms with E-state index in [2.05, 4.69) is 9.98 Å². The van der Waals surface area contributed by atoms with Crippen molar-refractivity contribution in [2.24, 2.45) is 4.99 Å². The molecule has 0 saturated heterocycles. The van der Waals surface area contributed by atoms with Crippen LogP contribution in [0, 0.1) is 0 Å². The third-order valence-corrected chi connectivity index (χ3v) is 5.09. The Hall–Kier alpha value is -3.45. The summed E-state index contributed by atoms with van der Waals surface area (Å²) in [5, 5.41) is 11.1. The molecule has 7 heteroatoms. The van der Waals surface area contributed by atoms with Gasteiger partial charge in [-0.15, -0.1) is 0 Å². The topological polar surface area (TPSA) is 89.0 Å². The van der Waals surface area contributed by atoms with E-state index >= 15 is 0 Å². The molecular weight excluding hydrogens is 368 g/mol. The fraction of sp³-hybridized carbons (Fsp3) is 0.227. The summed E-state index contributed by atoms with van der Waals surface area (Å²) in [6.45, 7) is 1.35. The molecule has 1 aromatic heterocycles. The van der Waals surface area contributed by atoms with Crippen molar-refractivity contribution in [1.29, 1.82) is 0 Å². The Morgan fingerprint density at radius 3 is 2.59 bits per heavy atom. The van der Waals surface area contributed by atoms with E-state index < -0.39 is 0 Å². The van der Waals surface area contributed by atoms with Crippen LogP contribution in [0.3, 0.4) is 0 Å². The highest BCUT2D eigenvalue weighted by molar-refractivity contribution is 6.56. The number of fused-ring (bicyclic) bond motifs is 2. The highest BCUT2D eigenvalue weighted by Gasteiger charge is 2.30. The number of carbonyl (C=O) groups excluding carboxylic acids is 2. The number of amides is 1. The van der Waals surface area contributed by atoms with Crippen LogP contribution < -0.4 is 0 Å². The molecule has 1 amide bonds. The van der Waals surface area contributed by atoms with Crippen molar-refractivity contribution in [3.8, 4) is 5.88 Å². The number of ketones is 1. The Morgan fingerprint density at radius 2 is 1.86 bits per heavy atom. The second-order valence-electron chi connectivity index (χ2n) is 7.45. The van der Waals surface area contributed by atoms with E-state index in [4.69, 9.17) is 0 Å². The minimum absolute atomic E-state index is 0.122. The minimum atomic E-state index is -0.239. The number of Topliss-reactive ketones (excluding diaryl/α,β-unsaturated/α-hetero) is 1. The number of benzene rings is 2. The lowest BCUT2D eigenvalue weighted by Crippen LogP contribution is -2.33. The number of para-hydroxylation sites is 1. The normalized spacial score (nSPS) is 13.1. The van der Waals surface area contributed by atoms with Crippen LogP contribution in [-0.4, -0.2) is 71.5 Å². The van der Waals surface area contributed by atoms with Gasteiger partial charge in [0.2, 0.25) is 5.78 Å². The average Bonchev–Trinajstić information content (AvgIpc) is 3.20. The molecule has 0 fully saturated rings. The lowest BCUT2D eigenvalue weighted by Gasteiger charge is -2.19. The van der Waals surface area contributed by atoms with E-state index in [1.165, 1.54) is 0 Å². The van der Waals surface area contributed by atoms with E-state index in [0.29, 0.717) is 39.8 Å². The molecule has 2 N–H and O–H groups in total. The van der Waals surface area contributed by atoms with Gasteiger partial charge in [0, 0.05) is 42.2 Å². The van der Waals surface area contributed by atoms with Crippen molar-refractivity contribution in [3.63, 3.8) is 0 Å². The molecule has 2 aromatic carbocycles. The molecule has 1 aliphatic rings. The maximum atomic E-state index is 12.8. The molecule has 4 rings (SSSR count). The first-order valence-corrected chi connectivity index (χ1v) is 9.34. The molecule has 0 spiro atoms. The van der Waals surface area contributed by atoms with Crippen LogP contribution >= 0.6 is 0 Å². The molecule has 0 saturated carbocycles. The summed E-state index contributed by atoms with van der Waals surface area (Å²) >= 11 is 0. The number of nitrogens with one attached hydrogen (secondary N) is 1. The van der Waals surface area contributed by atoms with E-state index in [9.17, 15) is 14.7 Å². The van der Waals surface area contributed by atoms with Gasteiger partial charge in [-0.05, 0) is 44.4 Å². The molecule has 3 aromatic rings. The summed E-state index contributed by atoms with van der Waals surface area (Å²) in [5.41, 5.74) is 2.72. The molecule has 148 valence electrons. The lowest BCUT2D eigenvalue weighted by molar-refractivity contribution is 0.0786. The highest BCUT2D eigenvalue weighted by atomic mass is 16.3. The van der Waals surface area contributed by atoms with Crippen LogP contribution in [0.5, 0.6) is 5.88 Å². The van der Waals surface area contributed by atoms with E-state index in [-0.39, 0.29) is 23.3 Å². The van der Waals surface area contributed by atoms with Crippen molar-refractivity contribution >= 4 is 34.0 Å². The Labute approximate surface area is 168 Å². The van der Waals surface area contributed by atoms with Crippen molar-refractivity contribution in [1.82, 2.24) is 14.8 Å². The van der Waals surface area contributed by atoms with E-state index in [1.807, 2.05) is 25.1 Å². The standard InChI is InChI=1S/C22H22N4O3/c1-25(2)10-11-26(3)22(29)13-8-9-17-15(12-13)18(21(28)24-17)19-20(27)14-6-4-5-7-16(14)23-19/h4-9,12,24,28H,10-11H2,1-3H3. The maximum Gasteiger partial charge on any atom is 0.253 e. The molecular formula is C22H22N4O3. The lowest BCUT2D eigenvalue weighted by atomic mass is 10.0. The van der Waals surface area contributed by atoms with Gasteiger partial charge in [-0.1, -0.05) is 12.1 Å². The molecule has 0 bridgehead atoms. The zero-order valence-corrected chi connectivity index (χ0v) is 16.6. The number of H-pyrrole nitrogens is 1. The number of hydrogen-bond acceptors (Lipinski definition) is 5. The number of likely N-dealkylation sites (N-methyl/N-ethyl adjacent to an activating group) is 2. The number of aliphatic imine (C=N–C) groups is 1. The first kappa shape index (κ1) is 18.9. The molecule has 0 radical (unpaired) electrons. The maximum absolute atomic E-state index is 12.8. The van der Waals surface area contributed by atoms with Gasteiger partial charge in [-0.25, -0.2) is 4.99 Å². The van der Waals surface area contributed by atoms with Crippen LogP contribution in [0.25, 0.3) is 10.9 Å². The summed E-state index contributed by atoms with van der Waals surface area (Å²) in [4.78, 5) is 36.6.